The Balaban J connectivity index is 0.897. The van der Waals surface area contributed by atoms with Crippen LogP contribution < -0.4 is 0 Å². The first-order valence-corrected chi connectivity index (χ1v) is 21.5. The Morgan fingerprint density at radius 3 is 1.77 bits per heavy atom. The van der Waals surface area contributed by atoms with Crippen LogP contribution in [0, 0.1) is 5.92 Å². The van der Waals surface area contributed by atoms with E-state index < -0.39 is 0 Å². The van der Waals surface area contributed by atoms with Crippen LogP contribution in [-0.2, 0) is 5.41 Å². The summed E-state index contributed by atoms with van der Waals surface area (Å²) in [6, 6.07) is 66.5. The maximum atomic E-state index is 5.17. The highest BCUT2D eigenvalue weighted by Crippen LogP contribution is 2.65. The Hall–Kier alpha value is -7.42. The summed E-state index contributed by atoms with van der Waals surface area (Å²) in [4.78, 5) is 10.3. The van der Waals surface area contributed by atoms with Crippen LogP contribution in [0.15, 0.2) is 218 Å². The largest absolute Gasteiger partial charge is 0.228 e. The molecule has 1 heterocycles. The lowest BCUT2D eigenvalue weighted by molar-refractivity contribution is 0.465. The molecule has 0 radical (unpaired) electrons. The van der Waals surface area contributed by atoms with Crippen molar-refractivity contribution in [3.63, 3.8) is 0 Å². The topological polar surface area (TPSA) is 25.8 Å². The lowest BCUT2D eigenvalue weighted by atomic mass is 9.65. The minimum absolute atomic E-state index is 0.235. The van der Waals surface area contributed by atoms with E-state index in [0.717, 1.165) is 46.7 Å². The van der Waals surface area contributed by atoms with Gasteiger partial charge >= 0.3 is 0 Å². The molecule has 0 saturated heterocycles. The average molecular weight is 779 g/mol. The molecule has 4 aliphatic carbocycles. The second-order valence-corrected chi connectivity index (χ2v) is 16.8. The molecule has 3 unspecified atom stereocenters. The van der Waals surface area contributed by atoms with Crippen LogP contribution in [0.2, 0.25) is 0 Å². The number of benzene rings is 7. The summed E-state index contributed by atoms with van der Waals surface area (Å²) in [7, 11) is 0. The molecule has 1 spiro atoms. The molecule has 1 aromatic heterocycles. The van der Waals surface area contributed by atoms with Crippen molar-refractivity contribution in [3.8, 4) is 56.0 Å². The van der Waals surface area contributed by atoms with E-state index in [0.29, 0.717) is 11.8 Å². The van der Waals surface area contributed by atoms with Gasteiger partial charge in [0.15, 0.2) is 5.82 Å². The molecule has 7 aromatic carbocycles. The van der Waals surface area contributed by atoms with E-state index in [1.54, 1.807) is 0 Å². The zero-order chi connectivity index (χ0) is 40.3. The summed E-state index contributed by atoms with van der Waals surface area (Å²) in [5.41, 5.74) is 20.9. The molecule has 0 aliphatic heterocycles. The van der Waals surface area contributed by atoms with Gasteiger partial charge in [-0.2, -0.15) is 0 Å². The fraction of sp³-hybridized carbons (Fsp3) is 0.0847. The van der Waals surface area contributed by atoms with Gasteiger partial charge < -0.3 is 0 Å². The van der Waals surface area contributed by atoms with Crippen LogP contribution in [0.25, 0.3) is 67.2 Å². The van der Waals surface area contributed by atoms with E-state index in [4.69, 9.17) is 9.97 Å². The number of aromatic nitrogens is 2. The summed E-state index contributed by atoms with van der Waals surface area (Å²) in [6.45, 7) is 0. The fourth-order valence-electron chi connectivity index (χ4n) is 10.7. The third kappa shape index (κ3) is 5.78. The molecule has 2 nitrogen and oxygen atoms in total. The average Bonchev–Trinajstić information content (AvgIpc) is 3.82. The number of hydrogen-bond donors (Lipinski definition) is 0. The van der Waals surface area contributed by atoms with Crippen molar-refractivity contribution in [3.05, 3.63) is 252 Å². The minimum atomic E-state index is -0.235. The van der Waals surface area contributed by atoms with E-state index in [1.165, 1.54) is 66.8 Å². The summed E-state index contributed by atoms with van der Waals surface area (Å²) < 4.78 is 0. The van der Waals surface area contributed by atoms with Gasteiger partial charge in [-0.3, -0.25) is 0 Å². The highest BCUT2D eigenvalue weighted by Gasteiger charge is 2.56. The first-order valence-electron chi connectivity index (χ1n) is 21.5. The van der Waals surface area contributed by atoms with Gasteiger partial charge in [0.2, 0.25) is 0 Å². The zero-order valence-electron chi connectivity index (χ0n) is 33.7. The molecular weight excluding hydrogens is 737 g/mol. The summed E-state index contributed by atoms with van der Waals surface area (Å²) in [5.74, 6) is 1.42. The van der Waals surface area contributed by atoms with Crippen LogP contribution >= 0.6 is 0 Å². The Morgan fingerprint density at radius 2 is 0.984 bits per heavy atom. The Kier molecular flexibility index (Phi) is 8.38. The van der Waals surface area contributed by atoms with Gasteiger partial charge in [-0.25, -0.2) is 9.97 Å². The maximum Gasteiger partial charge on any atom is 0.160 e. The highest BCUT2D eigenvalue weighted by atomic mass is 14.9. The predicted octanol–water partition coefficient (Wildman–Crippen LogP) is 14.6. The summed E-state index contributed by atoms with van der Waals surface area (Å²) >= 11 is 0. The molecule has 0 fully saturated rings. The molecular formula is C59H42N2. The fourth-order valence-corrected chi connectivity index (χ4v) is 10.7. The van der Waals surface area contributed by atoms with E-state index in [9.17, 15) is 0 Å². The third-order valence-corrected chi connectivity index (χ3v) is 13.6. The molecule has 4 aliphatic rings. The smallest absolute Gasteiger partial charge is 0.160 e. The minimum Gasteiger partial charge on any atom is -0.228 e. The molecule has 3 atom stereocenters. The quantitative estimate of drug-likeness (QED) is 0.168. The molecule has 12 rings (SSSR count). The number of hydrogen-bond acceptors (Lipinski definition) is 2. The Labute approximate surface area is 357 Å². The van der Waals surface area contributed by atoms with Crippen molar-refractivity contribution in [1.29, 1.82) is 0 Å². The van der Waals surface area contributed by atoms with Gasteiger partial charge in [0.25, 0.3) is 0 Å². The molecule has 0 N–H and O–H groups in total. The van der Waals surface area contributed by atoms with Crippen molar-refractivity contribution in [2.75, 3.05) is 0 Å². The first kappa shape index (κ1) is 35.5. The monoisotopic (exact) mass is 778 g/mol. The van der Waals surface area contributed by atoms with Crippen LogP contribution in [0.1, 0.15) is 52.3 Å². The van der Waals surface area contributed by atoms with Gasteiger partial charge in [-0.1, -0.05) is 200 Å². The molecule has 8 aromatic rings. The maximum absolute atomic E-state index is 5.17. The van der Waals surface area contributed by atoms with Crippen molar-refractivity contribution in [2.45, 2.75) is 24.2 Å². The Morgan fingerprint density at radius 1 is 0.393 bits per heavy atom. The van der Waals surface area contributed by atoms with Crippen molar-refractivity contribution in [1.82, 2.24) is 9.97 Å². The normalized spacial score (nSPS) is 19.1. The molecule has 0 saturated carbocycles. The number of rotatable bonds is 6. The third-order valence-electron chi connectivity index (χ3n) is 13.6. The van der Waals surface area contributed by atoms with Crippen molar-refractivity contribution in [2.24, 2.45) is 5.92 Å². The second kappa shape index (κ2) is 14.4. The van der Waals surface area contributed by atoms with Gasteiger partial charge in [0.05, 0.1) is 16.8 Å². The molecule has 0 bridgehead atoms. The predicted molar refractivity (Wildman–Crippen MR) is 252 cm³/mol. The van der Waals surface area contributed by atoms with E-state index in [2.05, 4.69) is 212 Å². The molecule has 61 heavy (non-hydrogen) atoms. The standard InChI is InChI=1S/C59H42N2/c1-3-14-39(15-4-1)40-30-32-43(33-31-40)56-38-57(61-58(60-56)44-16-5-2-6-17-44)47-19-13-18-45(36-47)41-26-28-42(29-27-41)46-34-35-51-50-22-9-12-25-54(50)59(55(51)37-46)52-23-10-7-20-48(52)49-21-8-11-24-53(49)59/h1-30,32,34-38,48,52H,31,33H2. The van der Waals surface area contributed by atoms with Crippen LogP contribution in [0.4, 0.5) is 0 Å². The van der Waals surface area contributed by atoms with Gasteiger partial charge in [-0.05, 0) is 103 Å². The first-order chi connectivity index (χ1) is 30.2. The lowest BCUT2D eigenvalue weighted by Gasteiger charge is -2.36. The van der Waals surface area contributed by atoms with Gasteiger partial charge in [0, 0.05) is 23.0 Å². The van der Waals surface area contributed by atoms with Gasteiger partial charge in [0.1, 0.15) is 0 Å². The molecule has 288 valence electrons. The van der Waals surface area contributed by atoms with Crippen LogP contribution in [-0.4, -0.2) is 9.97 Å². The Bertz CT molecular complexity index is 3130. The van der Waals surface area contributed by atoms with Crippen molar-refractivity contribution < 1.29 is 0 Å². The van der Waals surface area contributed by atoms with Gasteiger partial charge in [-0.15, -0.1) is 0 Å². The molecule has 0 amide bonds. The second-order valence-electron chi connectivity index (χ2n) is 16.8. The zero-order valence-corrected chi connectivity index (χ0v) is 33.7. The number of fused-ring (bicyclic) bond motifs is 10. The highest BCUT2D eigenvalue weighted by molar-refractivity contribution is 5.88. The van der Waals surface area contributed by atoms with Crippen LogP contribution in [0.3, 0.4) is 0 Å². The lowest BCUT2D eigenvalue weighted by Crippen LogP contribution is -2.32. The SMILES string of the molecule is C1=CC2c3ccccc3C3(c4ccccc4-c4ccc(-c5ccc(-c6cccc(-c7cc(C8=CC=C(c9ccccc9)CC8)nc(-c8ccccc8)n7)c6)cc5)cc43)C2C=C1. The molecule has 2 heteroatoms. The number of nitrogens with zero attached hydrogens (tertiary/aromatic N) is 2. The van der Waals surface area contributed by atoms with Crippen LogP contribution in [0.5, 0.6) is 0 Å². The number of allylic oxidation sites excluding steroid dienone is 8. The van der Waals surface area contributed by atoms with Crippen molar-refractivity contribution >= 4 is 11.1 Å². The van der Waals surface area contributed by atoms with E-state index >= 15 is 0 Å². The summed E-state index contributed by atoms with van der Waals surface area (Å²) in [6.07, 6.45) is 15.8. The summed E-state index contributed by atoms with van der Waals surface area (Å²) in [5, 5.41) is 0. The van der Waals surface area contributed by atoms with E-state index in [-0.39, 0.29) is 5.41 Å². The van der Waals surface area contributed by atoms with E-state index in [1.807, 2.05) is 6.07 Å².